The molecule has 0 spiro atoms. The van der Waals surface area contributed by atoms with E-state index in [1.807, 2.05) is 55.4 Å². The van der Waals surface area contributed by atoms with Gasteiger partial charge in [-0.15, -0.1) is 0 Å². The van der Waals surface area contributed by atoms with Crippen molar-refractivity contribution in [2.75, 3.05) is 34.7 Å². The van der Waals surface area contributed by atoms with Crippen molar-refractivity contribution in [1.29, 1.82) is 0 Å². The highest BCUT2D eigenvalue weighted by atomic mass is 16.6. The first-order valence-corrected chi connectivity index (χ1v) is 24.2. The number of hydrogen-bond donors (Lipinski definition) is 0. The Kier molecular flexibility index (Phi) is 22.0. The van der Waals surface area contributed by atoms with Crippen LogP contribution in [0.5, 0.6) is 0 Å². The number of aldehydes is 1. The Morgan fingerprint density at radius 2 is 0.855 bits per heavy atom. The van der Waals surface area contributed by atoms with E-state index >= 15 is 0 Å². The molecular weight excluding hydrogens is 885 g/mol. The Balaban J connectivity index is 2.27. The van der Waals surface area contributed by atoms with Crippen LogP contribution in [0.2, 0.25) is 0 Å². The maximum atomic E-state index is 14.7. The summed E-state index contributed by atoms with van der Waals surface area (Å²) in [7, 11) is 5.79. The number of amides is 3. The molecule has 16 nitrogen and oxygen atoms in total. The molecule has 1 aliphatic heterocycles. The first-order valence-electron chi connectivity index (χ1n) is 24.2. The fraction of sp³-hybridized carbons (Fsp3) is 0.623. The van der Waals surface area contributed by atoms with E-state index in [9.17, 15) is 38.4 Å². The molecule has 0 aliphatic carbocycles. The molecule has 69 heavy (non-hydrogen) atoms. The number of ether oxygens (including phenoxy) is 4. The van der Waals surface area contributed by atoms with E-state index < -0.39 is 89.7 Å². The Morgan fingerprint density at radius 3 is 1.23 bits per heavy atom. The van der Waals surface area contributed by atoms with Crippen LogP contribution < -0.4 is 0 Å². The molecule has 1 fully saturated rings. The van der Waals surface area contributed by atoms with Crippen molar-refractivity contribution in [1.82, 2.24) is 19.6 Å². The van der Waals surface area contributed by atoms with Gasteiger partial charge in [0.25, 0.3) is 17.7 Å². The minimum absolute atomic E-state index is 0.0519. The van der Waals surface area contributed by atoms with Crippen LogP contribution in [0, 0.1) is 23.7 Å². The number of carbonyl (C=O) groups excluding carboxylic acids is 8. The molecule has 0 unspecified atom stereocenters. The van der Waals surface area contributed by atoms with Gasteiger partial charge in [-0.1, -0.05) is 116 Å². The molecule has 1 saturated heterocycles. The first-order chi connectivity index (χ1) is 32.3. The summed E-state index contributed by atoms with van der Waals surface area (Å²) in [6.07, 6.45) is -3.46. The normalized spacial score (nSPS) is 26.3. The fourth-order valence-corrected chi connectivity index (χ4v) is 8.43. The predicted molar refractivity (Wildman–Crippen MR) is 260 cm³/mol. The van der Waals surface area contributed by atoms with Crippen LogP contribution in [-0.4, -0.2) is 150 Å². The van der Waals surface area contributed by atoms with Crippen LogP contribution in [0.15, 0.2) is 60.7 Å². The number of likely N-dealkylation sites (N-methyl/N-ethyl adjacent to an activating group) is 4. The van der Waals surface area contributed by atoms with Crippen molar-refractivity contribution in [3.8, 4) is 0 Å². The van der Waals surface area contributed by atoms with Crippen molar-refractivity contribution in [3.63, 3.8) is 0 Å². The van der Waals surface area contributed by atoms with E-state index in [0.29, 0.717) is 17.4 Å². The highest BCUT2D eigenvalue weighted by molar-refractivity contribution is 5.93. The Bertz CT molecular complexity index is 2050. The van der Waals surface area contributed by atoms with Crippen LogP contribution >= 0.6 is 0 Å². The first kappa shape index (κ1) is 57.7. The zero-order chi connectivity index (χ0) is 51.9. The number of esters is 4. The molecule has 16 heteroatoms. The van der Waals surface area contributed by atoms with E-state index in [1.54, 1.807) is 72.6 Å². The van der Waals surface area contributed by atoms with Crippen LogP contribution in [0.3, 0.4) is 0 Å². The minimum Gasteiger partial charge on any atom is -0.451 e. The van der Waals surface area contributed by atoms with Crippen molar-refractivity contribution in [2.45, 2.75) is 156 Å². The molecule has 382 valence electrons. The van der Waals surface area contributed by atoms with Crippen LogP contribution in [-0.2, 0) is 70.1 Å². The zero-order valence-electron chi connectivity index (χ0n) is 43.3. The Morgan fingerprint density at radius 1 is 0.522 bits per heavy atom. The van der Waals surface area contributed by atoms with Crippen LogP contribution in [0.1, 0.15) is 106 Å². The van der Waals surface area contributed by atoms with Gasteiger partial charge in [0.2, 0.25) is 0 Å². The summed E-state index contributed by atoms with van der Waals surface area (Å²) in [5.41, 5.74) is -0.535. The third kappa shape index (κ3) is 17.1. The van der Waals surface area contributed by atoms with Gasteiger partial charge in [0.1, 0.15) is 24.2 Å². The molecular formula is C53H78N4O12. The summed E-state index contributed by atoms with van der Waals surface area (Å²) in [6, 6.07) is 13.0. The molecule has 1 heterocycles. The lowest BCUT2D eigenvalue weighted by molar-refractivity contribution is -0.177. The zero-order valence-corrected chi connectivity index (χ0v) is 43.3. The molecule has 3 rings (SSSR count). The van der Waals surface area contributed by atoms with E-state index in [4.69, 9.17) is 18.9 Å². The summed E-state index contributed by atoms with van der Waals surface area (Å²) in [4.78, 5) is 119. The molecule has 0 N–H and O–H groups in total. The molecule has 0 bridgehead atoms. The number of nitrogens with zero attached hydrogens (tertiary/aromatic N) is 4. The SMILES string of the molecule is CC(C)C[C@H]1C(=O)O[C@H](Cc2ccccc2)C(=O)N(C)[C@@H](CC(C)C)C(=O)O[C@H](C)C(=O)N(C)[C@@H](CC(C)C)C(=O)O[C@H](Cc2ccccc2)C(=O)N(C)[C@@H](CC(C)C)C(=O)O[C@@](C)(C=O)CN1C. The van der Waals surface area contributed by atoms with Crippen molar-refractivity contribution >= 4 is 47.9 Å². The van der Waals surface area contributed by atoms with Gasteiger partial charge in [0.05, 0.1) is 0 Å². The van der Waals surface area contributed by atoms with Gasteiger partial charge >= 0.3 is 23.9 Å². The van der Waals surface area contributed by atoms with Gasteiger partial charge in [-0.3, -0.25) is 28.9 Å². The molecule has 8 atom stereocenters. The third-order valence-corrected chi connectivity index (χ3v) is 12.2. The number of rotatable bonds is 13. The van der Waals surface area contributed by atoms with Gasteiger partial charge in [-0.2, -0.15) is 0 Å². The summed E-state index contributed by atoms with van der Waals surface area (Å²) in [5, 5.41) is 0. The van der Waals surface area contributed by atoms with Crippen molar-refractivity contribution in [2.24, 2.45) is 23.7 Å². The number of benzene rings is 2. The highest BCUT2D eigenvalue weighted by Crippen LogP contribution is 2.25. The largest absolute Gasteiger partial charge is 0.451 e. The van der Waals surface area contributed by atoms with Crippen molar-refractivity contribution < 1.29 is 57.3 Å². The van der Waals surface area contributed by atoms with E-state index in [0.717, 1.165) is 9.80 Å². The average molecular weight is 963 g/mol. The quantitative estimate of drug-likeness (QED) is 0.135. The molecule has 1 aliphatic rings. The molecule has 2 aromatic carbocycles. The molecule has 0 radical (unpaired) electrons. The van der Waals surface area contributed by atoms with Crippen LogP contribution in [0.4, 0.5) is 0 Å². The van der Waals surface area contributed by atoms with E-state index in [-0.39, 0.29) is 68.7 Å². The Hall–Kier alpha value is -5.64. The Labute approximate surface area is 409 Å². The lowest BCUT2D eigenvalue weighted by Crippen LogP contribution is -2.56. The smallest absolute Gasteiger partial charge is 0.329 e. The summed E-state index contributed by atoms with van der Waals surface area (Å²) < 4.78 is 24.1. The predicted octanol–water partition coefficient (Wildman–Crippen LogP) is 5.71. The molecule has 3 amide bonds. The second-order valence-electron chi connectivity index (χ2n) is 20.5. The summed E-state index contributed by atoms with van der Waals surface area (Å²) in [6.45, 7) is 17.4. The number of carbonyl (C=O) groups is 8. The maximum absolute atomic E-state index is 14.7. The van der Waals surface area contributed by atoms with Gasteiger partial charge in [-0.25, -0.2) is 14.4 Å². The van der Waals surface area contributed by atoms with Gasteiger partial charge in [-0.05, 0) is 81.4 Å². The standard InChI is InChI=1S/C53H78N4O12/c1-33(2)25-40-49(62)67-44(29-38-21-17-15-18-22-38)47(60)56(13)41(26-34(3)4)50(63)66-37(9)46(59)55(12)42(27-35(5)6)51(64)68-45(30-39-23-19-16-20-24-39)48(61)57(14)43(28-36(7)8)52(65)69-53(10,32-58)31-54(40)11/h15-24,32-37,40-45H,25-31H2,1-14H3/t37-,40+,41+,42+,43+,44-,45-,53-/m1/s1. The van der Waals surface area contributed by atoms with Gasteiger partial charge < -0.3 is 33.6 Å². The van der Waals surface area contributed by atoms with E-state index in [2.05, 4.69) is 0 Å². The highest BCUT2D eigenvalue weighted by Gasteiger charge is 2.43. The topological polar surface area (TPSA) is 186 Å². The van der Waals surface area contributed by atoms with Gasteiger partial charge in [0, 0.05) is 40.5 Å². The lowest BCUT2D eigenvalue weighted by atomic mass is 9.99. The summed E-state index contributed by atoms with van der Waals surface area (Å²) >= 11 is 0. The van der Waals surface area contributed by atoms with Gasteiger partial charge in [0.15, 0.2) is 30.2 Å². The van der Waals surface area contributed by atoms with Crippen molar-refractivity contribution in [3.05, 3.63) is 71.8 Å². The fourth-order valence-electron chi connectivity index (χ4n) is 8.43. The summed E-state index contributed by atoms with van der Waals surface area (Å²) in [5.74, 6) is -6.18. The average Bonchev–Trinajstić information content (AvgIpc) is 3.28. The minimum atomic E-state index is -1.85. The second kappa shape index (κ2) is 26.4. The second-order valence-corrected chi connectivity index (χ2v) is 20.5. The molecule has 0 aromatic heterocycles. The van der Waals surface area contributed by atoms with E-state index in [1.165, 1.54) is 39.9 Å². The van der Waals surface area contributed by atoms with Crippen LogP contribution in [0.25, 0.3) is 0 Å². The number of hydrogen-bond acceptors (Lipinski definition) is 13. The lowest BCUT2D eigenvalue weighted by Gasteiger charge is -2.37. The monoisotopic (exact) mass is 963 g/mol. The number of cyclic esters (lactones) is 4. The third-order valence-electron chi connectivity index (χ3n) is 12.2. The molecule has 2 aromatic rings. The molecule has 0 saturated carbocycles. The maximum Gasteiger partial charge on any atom is 0.329 e.